The molecule has 3 heterocycles. The third-order valence-corrected chi connectivity index (χ3v) is 3.58. The Morgan fingerprint density at radius 1 is 1.63 bits per heavy atom. The Labute approximate surface area is 109 Å². The van der Waals surface area contributed by atoms with E-state index in [1.807, 2.05) is 16.5 Å². The second kappa shape index (κ2) is 4.48. The molecule has 104 valence electrons. The highest BCUT2D eigenvalue weighted by atomic mass is 16.5. The Hall–Kier alpha value is -1.64. The molecule has 4 N–H and O–H groups in total. The van der Waals surface area contributed by atoms with Crippen molar-refractivity contribution in [1.29, 1.82) is 5.41 Å². The van der Waals surface area contributed by atoms with E-state index in [9.17, 15) is 5.11 Å². The van der Waals surface area contributed by atoms with Gasteiger partial charge in [0, 0.05) is 13.5 Å². The van der Waals surface area contributed by atoms with Crippen molar-refractivity contribution in [3.63, 3.8) is 0 Å². The van der Waals surface area contributed by atoms with Crippen LogP contribution in [0.4, 0.5) is 11.5 Å². The van der Waals surface area contributed by atoms with E-state index in [-0.39, 0.29) is 18.3 Å². The molecule has 8 nitrogen and oxygen atoms in total. The quantitative estimate of drug-likeness (QED) is 0.523. The van der Waals surface area contributed by atoms with Gasteiger partial charge in [0.1, 0.15) is 23.8 Å². The highest BCUT2D eigenvalue weighted by Gasteiger charge is 2.39. The van der Waals surface area contributed by atoms with Crippen LogP contribution in [0.1, 0.15) is 6.42 Å². The number of aliphatic hydroxyl groups excluding tert-OH is 2. The van der Waals surface area contributed by atoms with Crippen LogP contribution >= 0.6 is 0 Å². The lowest BCUT2D eigenvalue weighted by molar-refractivity contribution is -0.0219. The first-order valence-electron chi connectivity index (χ1n) is 6.17. The van der Waals surface area contributed by atoms with Crippen LogP contribution in [0, 0.1) is 5.41 Å². The van der Waals surface area contributed by atoms with E-state index in [4.69, 9.17) is 15.3 Å². The molecule has 1 aromatic rings. The lowest BCUT2D eigenvalue weighted by atomic mass is 10.2. The van der Waals surface area contributed by atoms with Gasteiger partial charge in [-0.3, -0.25) is 5.41 Å². The first kappa shape index (κ1) is 12.4. The molecular formula is C11H17N5O3. The van der Waals surface area contributed by atoms with Gasteiger partial charge >= 0.3 is 0 Å². The summed E-state index contributed by atoms with van der Waals surface area (Å²) in [6.07, 6.45) is 0.491. The predicted molar refractivity (Wildman–Crippen MR) is 66.4 cm³/mol. The summed E-state index contributed by atoms with van der Waals surface area (Å²) in [6, 6.07) is 0. The molecule has 0 saturated carbocycles. The summed E-state index contributed by atoms with van der Waals surface area (Å²) in [4.78, 5) is 5.91. The highest BCUT2D eigenvalue weighted by Crippen LogP contribution is 2.33. The Bertz CT molecular complexity index is 546. The predicted octanol–water partition coefficient (Wildman–Crippen LogP) is -1.44. The molecular weight excluding hydrogens is 250 g/mol. The molecule has 19 heavy (non-hydrogen) atoms. The van der Waals surface area contributed by atoms with E-state index < -0.39 is 12.2 Å². The summed E-state index contributed by atoms with van der Waals surface area (Å²) in [5.74, 6) is 0.816. The van der Waals surface area contributed by atoms with Crippen molar-refractivity contribution in [2.75, 3.05) is 23.5 Å². The summed E-state index contributed by atoms with van der Waals surface area (Å²) in [7, 11) is 1.85. The second-order valence-corrected chi connectivity index (χ2v) is 4.82. The van der Waals surface area contributed by atoms with Crippen LogP contribution in [-0.4, -0.2) is 51.5 Å². The molecule has 2 aliphatic rings. The third kappa shape index (κ3) is 1.88. The van der Waals surface area contributed by atoms with Crippen LogP contribution in [0.3, 0.4) is 0 Å². The lowest BCUT2D eigenvalue weighted by Gasteiger charge is -2.26. The van der Waals surface area contributed by atoms with E-state index in [0.717, 1.165) is 5.82 Å². The molecule has 0 aromatic carbocycles. The number of hydrogen-bond acceptors (Lipinski definition) is 7. The van der Waals surface area contributed by atoms with Gasteiger partial charge in [0.25, 0.3) is 0 Å². The van der Waals surface area contributed by atoms with E-state index >= 15 is 0 Å². The summed E-state index contributed by atoms with van der Waals surface area (Å²) in [5, 5.41) is 29.8. The average Bonchev–Trinajstić information content (AvgIpc) is 2.97. The first-order chi connectivity index (χ1) is 9.11. The maximum atomic E-state index is 9.80. The summed E-state index contributed by atoms with van der Waals surface area (Å²) >= 11 is 0. The van der Waals surface area contributed by atoms with Crippen molar-refractivity contribution in [3.8, 4) is 0 Å². The monoisotopic (exact) mass is 267 g/mol. The minimum Gasteiger partial charge on any atom is -0.394 e. The number of nitrogens with zero attached hydrogens (tertiary/aromatic N) is 3. The summed E-state index contributed by atoms with van der Waals surface area (Å²) in [6.45, 7) is 0.300. The Morgan fingerprint density at radius 2 is 2.42 bits per heavy atom. The molecule has 1 aromatic heterocycles. The summed E-state index contributed by atoms with van der Waals surface area (Å²) in [5.41, 5.74) is 0.850. The average molecular weight is 267 g/mol. The number of fused-ring (bicyclic) bond motifs is 1. The SMILES string of the molecule is Cn1cnc(=N)c2c1N([C@H]1C[C@H](O)[C@@H](CO)O1)CN2. The van der Waals surface area contributed by atoms with Gasteiger partial charge in [-0.15, -0.1) is 0 Å². The molecule has 1 saturated heterocycles. The van der Waals surface area contributed by atoms with Crippen molar-refractivity contribution in [2.24, 2.45) is 7.05 Å². The van der Waals surface area contributed by atoms with Crippen molar-refractivity contribution in [3.05, 3.63) is 11.8 Å². The topological polar surface area (TPSA) is 107 Å². The van der Waals surface area contributed by atoms with Crippen molar-refractivity contribution < 1.29 is 14.9 Å². The van der Waals surface area contributed by atoms with Gasteiger partial charge < -0.3 is 29.7 Å². The van der Waals surface area contributed by atoms with Gasteiger partial charge in [-0.05, 0) is 0 Å². The molecule has 0 unspecified atom stereocenters. The van der Waals surface area contributed by atoms with E-state index in [1.165, 1.54) is 0 Å². The molecule has 1 fully saturated rings. The molecule has 0 bridgehead atoms. The van der Waals surface area contributed by atoms with E-state index in [2.05, 4.69) is 10.3 Å². The zero-order chi connectivity index (χ0) is 13.6. The van der Waals surface area contributed by atoms with Crippen LogP contribution in [0.2, 0.25) is 0 Å². The van der Waals surface area contributed by atoms with Crippen molar-refractivity contribution >= 4 is 11.5 Å². The normalized spacial score (nSPS) is 29.4. The molecule has 3 rings (SSSR count). The number of ether oxygens (including phenoxy) is 1. The number of aliphatic hydroxyl groups is 2. The fraction of sp³-hybridized carbons (Fsp3) is 0.636. The lowest BCUT2D eigenvalue weighted by Crippen LogP contribution is -2.36. The first-order valence-corrected chi connectivity index (χ1v) is 6.17. The van der Waals surface area contributed by atoms with Gasteiger partial charge in [0.15, 0.2) is 5.49 Å². The Kier molecular flexibility index (Phi) is 2.92. The van der Waals surface area contributed by atoms with Crippen LogP contribution in [0.25, 0.3) is 0 Å². The molecule has 2 aliphatic heterocycles. The van der Waals surface area contributed by atoms with Crippen LogP contribution in [0.15, 0.2) is 6.33 Å². The van der Waals surface area contributed by atoms with Crippen LogP contribution < -0.4 is 15.7 Å². The van der Waals surface area contributed by atoms with Gasteiger partial charge in [0.05, 0.1) is 25.7 Å². The smallest absolute Gasteiger partial charge is 0.173 e. The van der Waals surface area contributed by atoms with Gasteiger partial charge in [-0.25, -0.2) is 4.98 Å². The largest absolute Gasteiger partial charge is 0.394 e. The maximum Gasteiger partial charge on any atom is 0.173 e. The number of nitrogens with one attached hydrogen (secondary N) is 2. The Morgan fingerprint density at radius 3 is 3.11 bits per heavy atom. The van der Waals surface area contributed by atoms with Crippen molar-refractivity contribution in [1.82, 2.24) is 9.55 Å². The minimum absolute atomic E-state index is 0.188. The van der Waals surface area contributed by atoms with Crippen LogP contribution in [-0.2, 0) is 11.8 Å². The fourth-order valence-corrected chi connectivity index (χ4v) is 2.60. The van der Waals surface area contributed by atoms with Crippen LogP contribution in [0.5, 0.6) is 0 Å². The summed E-state index contributed by atoms with van der Waals surface area (Å²) < 4.78 is 7.46. The molecule has 3 atom stereocenters. The highest BCUT2D eigenvalue weighted by molar-refractivity contribution is 5.70. The number of rotatable bonds is 2. The molecule has 8 heteroatoms. The van der Waals surface area contributed by atoms with Crippen molar-refractivity contribution in [2.45, 2.75) is 24.9 Å². The zero-order valence-electron chi connectivity index (χ0n) is 10.6. The number of aryl methyl sites for hydroxylation is 1. The fourth-order valence-electron chi connectivity index (χ4n) is 2.60. The zero-order valence-corrected chi connectivity index (χ0v) is 10.6. The molecule has 0 spiro atoms. The molecule has 0 radical (unpaired) electrons. The van der Waals surface area contributed by atoms with Gasteiger partial charge in [-0.1, -0.05) is 0 Å². The van der Waals surface area contributed by atoms with Gasteiger partial charge in [-0.2, -0.15) is 0 Å². The molecule has 0 aliphatic carbocycles. The number of hydrogen-bond donors (Lipinski definition) is 4. The number of anilines is 2. The van der Waals surface area contributed by atoms with Gasteiger partial charge in [0.2, 0.25) is 0 Å². The minimum atomic E-state index is -0.665. The Balaban J connectivity index is 1.91. The standard InChI is InChI=1S/C11H17N5O3/c1-15-4-14-10(12)9-11(15)16(5-13-9)8-2-6(18)7(3-17)19-8/h4,6-8,12-13,17-18H,2-3,5H2,1H3/t6-,7+,8+/m0/s1. The van der Waals surface area contributed by atoms with E-state index in [1.54, 1.807) is 6.33 Å². The molecule has 0 amide bonds. The number of aromatic nitrogens is 2. The van der Waals surface area contributed by atoms with E-state index in [0.29, 0.717) is 18.8 Å². The third-order valence-electron chi connectivity index (χ3n) is 3.58. The maximum absolute atomic E-state index is 9.80. The second-order valence-electron chi connectivity index (χ2n) is 4.82.